The standard InChI is InChI=1S/C20H22FNO4/c1-13(16-4-3-5-17(21)11-16)10-19(23)22-14(2)15-6-8-18(9-7-15)26-12-20(24)25/h3-9,11,13-14H,10,12H2,1-2H3,(H,22,23)(H,24,25). The van der Waals surface area contributed by atoms with Crippen LogP contribution in [0.5, 0.6) is 5.75 Å². The maximum atomic E-state index is 13.3. The van der Waals surface area contributed by atoms with Crippen LogP contribution in [0.2, 0.25) is 0 Å². The molecule has 138 valence electrons. The number of carbonyl (C=O) groups excluding carboxylic acids is 1. The van der Waals surface area contributed by atoms with Crippen molar-refractivity contribution in [3.05, 3.63) is 65.5 Å². The second kappa shape index (κ2) is 8.99. The number of carboxylic acids is 1. The third kappa shape index (κ3) is 5.88. The second-order valence-corrected chi connectivity index (χ2v) is 6.20. The summed E-state index contributed by atoms with van der Waals surface area (Å²) in [5, 5.41) is 11.5. The fourth-order valence-electron chi connectivity index (χ4n) is 2.59. The van der Waals surface area contributed by atoms with E-state index in [9.17, 15) is 14.0 Å². The van der Waals surface area contributed by atoms with Gasteiger partial charge in [-0.2, -0.15) is 0 Å². The van der Waals surface area contributed by atoms with Crippen LogP contribution < -0.4 is 10.1 Å². The maximum Gasteiger partial charge on any atom is 0.341 e. The molecule has 0 saturated heterocycles. The minimum atomic E-state index is -1.04. The van der Waals surface area contributed by atoms with Gasteiger partial charge in [0.05, 0.1) is 6.04 Å². The van der Waals surface area contributed by atoms with Gasteiger partial charge in [-0.25, -0.2) is 9.18 Å². The normalized spacial score (nSPS) is 12.9. The molecule has 0 spiro atoms. The monoisotopic (exact) mass is 359 g/mol. The molecule has 2 aromatic rings. The molecule has 2 unspecified atom stereocenters. The molecule has 0 saturated carbocycles. The van der Waals surface area contributed by atoms with E-state index in [4.69, 9.17) is 9.84 Å². The lowest BCUT2D eigenvalue weighted by molar-refractivity contribution is -0.139. The molecule has 6 heteroatoms. The first kappa shape index (κ1) is 19.4. The van der Waals surface area contributed by atoms with Crippen LogP contribution in [0.15, 0.2) is 48.5 Å². The lowest BCUT2D eigenvalue weighted by Gasteiger charge is -2.17. The second-order valence-electron chi connectivity index (χ2n) is 6.20. The van der Waals surface area contributed by atoms with Crippen molar-refractivity contribution in [1.82, 2.24) is 5.32 Å². The van der Waals surface area contributed by atoms with Crippen molar-refractivity contribution in [3.63, 3.8) is 0 Å². The van der Waals surface area contributed by atoms with Crippen molar-refractivity contribution in [2.75, 3.05) is 6.61 Å². The van der Waals surface area contributed by atoms with Crippen molar-refractivity contribution < 1.29 is 23.8 Å². The van der Waals surface area contributed by atoms with Crippen LogP contribution in [-0.2, 0) is 9.59 Å². The van der Waals surface area contributed by atoms with Gasteiger partial charge in [0.25, 0.3) is 0 Å². The first-order valence-electron chi connectivity index (χ1n) is 8.34. The van der Waals surface area contributed by atoms with Crippen LogP contribution in [0.1, 0.15) is 43.4 Å². The third-order valence-corrected chi connectivity index (χ3v) is 4.03. The van der Waals surface area contributed by atoms with Gasteiger partial charge < -0.3 is 15.2 Å². The number of carbonyl (C=O) groups is 2. The number of carboxylic acid groups (broad SMARTS) is 1. The fourth-order valence-corrected chi connectivity index (χ4v) is 2.59. The summed E-state index contributed by atoms with van der Waals surface area (Å²) in [4.78, 5) is 22.7. The molecule has 0 radical (unpaired) electrons. The Hall–Kier alpha value is -2.89. The molecule has 2 atom stereocenters. The third-order valence-electron chi connectivity index (χ3n) is 4.03. The predicted octanol–water partition coefficient (Wildman–Crippen LogP) is 3.66. The number of ether oxygens (including phenoxy) is 1. The molecule has 2 rings (SSSR count). The van der Waals surface area contributed by atoms with Gasteiger partial charge in [-0.3, -0.25) is 4.79 Å². The van der Waals surface area contributed by atoms with Crippen LogP contribution in [0.25, 0.3) is 0 Å². The first-order valence-corrected chi connectivity index (χ1v) is 8.34. The molecule has 0 fully saturated rings. The quantitative estimate of drug-likeness (QED) is 0.754. The van der Waals surface area contributed by atoms with E-state index in [2.05, 4.69) is 5.32 Å². The fraction of sp³-hybridized carbons (Fsp3) is 0.300. The Morgan fingerprint density at radius 1 is 1.12 bits per heavy atom. The molecule has 0 aliphatic heterocycles. The minimum Gasteiger partial charge on any atom is -0.482 e. The van der Waals surface area contributed by atoms with Gasteiger partial charge in [-0.15, -0.1) is 0 Å². The van der Waals surface area contributed by atoms with E-state index in [0.29, 0.717) is 5.75 Å². The highest BCUT2D eigenvalue weighted by Crippen LogP contribution is 2.21. The number of nitrogens with one attached hydrogen (secondary N) is 1. The van der Waals surface area contributed by atoms with Crippen molar-refractivity contribution in [1.29, 1.82) is 0 Å². The van der Waals surface area contributed by atoms with Crippen molar-refractivity contribution in [3.8, 4) is 5.75 Å². The highest BCUT2D eigenvalue weighted by Gasteiger charge is 2.15. The van der Waals surface area contributed by atoms with Gasteiger partial charge in [0.1, 0.15) is 11.6 Å². The zero-order valence-electron chi connectivity index (χ0n) is 14.7. The maximum absolute atomic E-state index is 13.3. The van der Waals surface area contributed by atoms with Crippen LogP contribution in [0, 0.1) is 5.82 Å². The summed E-state index contributed by atoms with van der Waals surface area (Å²) in [5.74, 6) is -1.12. The molecule has 0 aliphatic rings. The van der Waals surface area contributed by atoms with E-state index >= 15 is 0 Å². The molecule has 5 nitrogen and oxygen atoms in total. The number of rotatable bonds is 8. The molecular formula is C20H22FNO4. The Morgan fingerprint density at radius 2 is 1.81 bits per heavy atom. The molecule has 0 bridgehead atoms. The molecule has 1 amide bonds. The molecule has 0 heterocycles. The number of aliphatic carboxylic acids is 1. The van der Waals surface area contributed by atoms with Crippen molar-refractivity contribution in [2.45, 2.75) is 32.2 Å². The van der Waals surface area contributed by atoms with E-state index < -0.39 is 12.6 Å². The van der Waals surface area contributed by atoms with E-state index in [-0.39, 0.29) is 30.1 Å². The molecule has 0 aromatic heterocycles. The Kier molecular flexibility index (Phi) is 6.72. The summed E-state index contributed by atoms with van der Waals surface area (Å²) in [7, 11) is 0. The summed E-state index contributed by atoms with van der Waals surface area (Å²) in [6.45, 7) is 3.34. The number of hydrogen-bond acceptors (Lipinski definition) is 3. The average Bonchev–Trinajstić information content (AvgIpc) is 2.60. The summed E-state index contributed by atoms with van der Waals surface area (Å²) in [6, 6.07) is 12.9. The Bertz CT molecular complexity index is 761. The SMILES string of the molecule is CC(CC(=O)NC(C)c1ccc(OCC(=O)O)cc1)c1cccc(F)c1. The predicted molar refractivity (Wildman–Crippen MR) is 95.6 cm³/mol. The van der Waals surface area contributed by atoms with Gasteiger partial charge in [0.2, 0.25) is 5.91 Å². The molecular weight excluding hydrogens is 337 g/mol. The Labute approximate surface area is 151 Å². The zero-order chi connectivity index (χ0) is 19.1. The van der Waals surface area contributed by atoms with Gasteiger partial charge in [0.15, 0.2) is 6.61 Å². The summed E-state index contributed by atoms with van der Waals surface area (Å²) in [6.07, 6.45) is 0.258. The highest BCUT2D eigenvalue weighted by molar-refractivity contribution is 5.77. The van der Waals surface area contributed by atoms with Crippen molar-refractivity contribution in [2.24, 2.45) is 0 Å². The van der Waals surface area contributed by atoms with Gasteiger partial charge in [-0.1, -0.05) is 31.2 Å². The highest BCUT2D eigenvalue weighted by atomic mass is 19.1. The van der Waals surface area contributed by atoms with Crippen LogP contribution in [-0.4, -0.2) is 23.6 Å². The summed E-state index contributed by atoms with van der Waals surface area (Å²) in [5.41, 5.74) is 1.66. The van der Waals surface area contributed by atoms with E-state index in [1.807, 2.05) is 13.8 Å². The van der Waals surface area contributed by atoms with Gasteiger partial charge in [-0.05, 0) is 48.2 Å². The first-order chi connectivity index (χ1) is 12.3. The van der Waals surface area contributed by atoms with E-state index in [1.54, 1.807) is 36.4 Å². The van der Waals surface area contributed by atoms with Crippen molar-refractivity contribution >= 4 is 11.9 Å². The lowest BCUT2D eigenvalue weighted by Crippen LogP contribution is -2.27. The largest absolute Gasteiger partial charge is 0.482 e. The zero-order valence-corrected chi connectivity index (χ0v) is 14.7. The number of amides is 1. The average molecular weight is 359 g/mol. The van der Waals surface area contributed by atoms with E-state index in [0.717, 1.165) is 11.1 Å². The lowest BCUT2D eigenvalue weighted by atomic mass is 9.97. The minimum absolute atomic E-state index is 0.0929. The molecule has 2 N–H and O–H groups in total. The summed E-state index contributed by atoms with van der Waals surface area (Å²) >= 11 is 0. The number of hydrogen-bond donors (Lipinski definition) is 2. The topological polar surface area (TPSA) is 75.6 Å². The van der Waals surface area contributed by atoms with Crippen LogP contribution in [0.3, 0.4) is 0 Å². The van der Waals surface area contributed by atoms with Gasteiger partial charge in [0, 0.05) is 6.42 Å². The van der Waals surface area contributed by atoms with Gasteiger partial charge >= 0.3 is 5.97 Å². The number of benzene rings is 2. The Balaban J connectivity index is 1.89. The Morgan fingerprint density at radius 3 is 2.42 bits per heavy atom. The van der Waals surface area contributed by atoms with E-state index in [1.165, 1.54) is 12.1 Å². The number of halogens is 1. The molecule has 26 heavy (non-hydrogen) atoms. The molecule has 0 aliphatic carbocycles. The summed E-state index contributed by atoms with van der Waals surface area (Å²) < 4.78 is 18.4. The smallest absolute Gasteiger partial charge is 0.341 e. The molecule has 2 aromatic carbocycles. The van der Waals surface area contributed by atoms with Crippen LogP contribution in [0.4, 0.5) is 4.39 Å². The van der Waals surface area contributed by atoms with Crippen LogP contribution >= 0.6 is 0 Å².